The Bertz CT molecular complexity index is 934. The molecule has 0 unspecified atom stereocenters. The SMILES string of the molecule is c1ccc(C2CCN([C@@H]3CCC4(C3)CN(c3cncnc3)C4)CC2)c(OCC2CCOCC2)c1. The summed E-state index contributed by atoms with van der Waals surface area (Å²) in [5, 5.41) is 0. The van der Waals surface area contributed by atoms with E-state index in [1.54, 1.807) is 6.33 Å². The van der Waals surface area contributed by atoms with Crippen molar-refractivity contribution in [1.82, 2.24) is 14.9 Å². The van der Waals surface area contributed by atoms with E-state index in [4.69, 9.17) is 9.47 Å². The number of aromatic nitrogens is 2. The fourth-order valence-corrected chi connectivity index (χ4v) is 6.82. The highest BCUT2D eigenvalue weighted by Gasteiger charge is 2.49. The van der Waals surface area contributed by atoms with Crippen LogP contribution >= 0.6 is 0 Å². The quantitative estimate of drug-likeness (QED) is 0.629. The van der Waals surface area contributed by atoms with Gasteiger partial charge < -0.3 is 19.3 Å². The molecule has 1 aromatic heterocycles. The molecule has 6 nitrogen and oxygen atoms in total. The number of anilines is 1. The highest BCUT2D eigenvalue weighted by molar-refractivity contribution is 5.46. The predicted octanol–water partition coefficient (Wildman–Crippen LogP) is 4.52. The highest BCUT2D eigenvalue weighted by Crippen LogP contribution is 2.49. The molecule has 1 atom stereocenters. The van der Waals surface area contributed by atoms with Crippen LogP contribution in [0.1, 0.15) is 56.4 Å². The molecule has 3 aliphatic heterocycles. The summed E-state index contributed by atoms with van der Waals surface area (Å²) in [4.78, 5) is 13.6. The third-order valence-corrected chi connectivity index (χ3v) is 8.86. The summed E-state index contributed by atoms with van der Waals surface area (Å²) in [5.41, 5.74) is 3.12. The van der Waals surface area contributed by atoms with Gasteiger partial charge in [0.15, 0.2) is 0 Å². The molecule has 0 bridgehead atoms. The molecule has 1 saturated carbocycles. The highest BCUT2D eigenvalue weighted by atomic mass is 16.5. The standard InChI is InChI=1S/C28H38N4O2/c1-2-4-27(34-18-22-8-13-33-14-9-22)26(3-1)23-6-11-31(12-7-23)24-5-10-28(15-24)19-32(20-28)25-16-29-21-30-17-25/h1-4,16-17,21-24H,5-15,18-20H2/t24-/m1/s1. The van der Waals surface area contributed by atoms with Gasteiger partial charge in [-0.3, -0.25) is 0 Å². The van der Waals surface area contributed by atoms with Gasteiger partial charge in [0.1, 0.15) is 12.1 Å². The predicted molar refractivity (Wildman–Crippen MR) is 133 cm³/mol. The molecule has 2 aromatic rings. The van der Waals surface area contributed by atoms with E-state index < -0.39 is 0 Å². The van der Waals surface area contributed by atoms with E-state index in [1.165, 1.54) is 69.5 Å². The lowest BCUT2D eigenvalue weighted by Gasteiger charge is -2.50. The molecule has 1 spiro atoms. The second kappa shape index (κ2) is 9.82. The van der Waals surface area contributed by atoms with Gasteiger partial charge in [0.05, 0.1) is 24.7 Å². The van der Waals surface area contributed by atoms with Gasteiger partial charge >= 0.3 is 0 Å². The molecule has 4 fully saturated rings. The molecule has 1 aliphatic carbocycles. The number of hydrogen-bond donors (Lipinski definition) is 0. The van der Waals surface area contributed by atoms with Crippen molar-refractivity contribution in [3.63, 3.8) is 0 Å². The molecule has 1 aromatic carbocycles. The van der Waals surface area contributed by atoms with Crippen LogP contribution in [0.15, 0.2) is 43.0 Å². The molecular weight excluding hydrogens is 424 g/mol. The van der Waals surface area contributed by atoms with E-state index in [9.17, 15) is 0 Å². The fourth-order valence-electron chi connectivity index (χ4n) is 6.82. The van der Waals surface area contributed by atoms with Crippen LogP contribution in [-0.2, 0) is 4.74 Å². The average molecular weight is 463 g/mol. The Morgan fingerprint density at radius 3 is 2.53 bits per heavy atom. The van der Waals surface area contributed by atoms with E-state index in [1.807, 2.05) is 12.4 Å². The number of ether oxygens (including phenoxy) is 2. The Labute approximate surface area is 203 Å². The van der Waals surface area contributed by atoms with Crippen molar-refractivity contribution < 1.29 is 9.47 Å². The first-order valence-electron chi connectivity index (χ1n) is 13.3. The topological polar surface area (TPSA) is 50.7 Å². The number of likely N-dealkylation sites (tertiary alicyclic amines) is 1. The molecular formula is C28H38N4O2. The first kappa shape index (κ1) is 22.3. The van der Waals surface area contributed by atoms with Crippen molar-refractivity contribution in [1.29, 1.82) is 0 Å². The molecule has 6 heteroatoms. The van der Waals surface area contributed by atoms with Crippen molar-refractivity contribution >= 4 is 5.69 Å². The van der Waals surface area contributed by atoms with Gasteiger partial charge in [-0.1, -0.05) is 18.2 Å². The zero-order valence-electron chi connectivity index (χ0n) is 20.3. The van der Waals surface area contributed by atoms with E-state index in [0.29, 0.717) is 17.3 Å². The van der Waals surface area contributed by atoms with Crippen LogP contribution < -0.4 is 9.64 Å². The smallest absolute Gasteiger partial charge is 0.122 e. The van der Waals surface area contributed by atoms with Crippen LogP contribution in [0.4, 0.5) is 5.69 Å². The maximum atomic E-state index is 6.37. The van der Waals surface area contributed by atoms with Crippen molar-refractivity contribution in [2.24, 2.45) is 11.3 Å². The van der Waals surface area contributed by atoms with Crippen LogP contribution in [0.2, 0.25) is 0 Å². The number of para-hydroxylation sites is 1. The summed E-state index contributed by atoms with van der Waals surface area (Å²) in [5.74, 6) is 2.37. The molecule has 6 rings (SSSR count). The third kappa shape index (κ3) is 4.67. The van der Waals surface area contributed by atoms with Crippen LogP contribution in [-0.4, -0.2) is 66.9 Å². The number of rotatable bonds is 6. The first-order valence-corrected chi connectivity index (χ1v) is 13.3. The van der Waals surface area contributed by atoms with Gasteiger partial charge in [-0.05, 0) is 81.5 Å². The summed E-state index contributed by atoms with van der Waals surface area (Å²) < 4.78 is 11.9. The van der Waals surface area contributed by atoms with Crippen LogP contribution in [0.3, 0.4) is 0 Å². The monoisotopic (exact) mass is 462 g/mol. The van der Waals surface area contributed by atoms with E-state index in [-0.39, 0.29) is 0 Å². The lowest BCUT2D eigenvalue weighted by Crippen LogP contribution is -2.56. The van der Waals surface area contributed by atoms with Gasteiger partial charge in [-0.2, -0.15) is 0 Å². The van der Waals surface area contributed by atoms with E-state index in [2.05, 4.69) is 44.0 Å². The number of nitrogens with zero attached hydrogens (tertiary/aromatic N) is 4. The largest absolute Gasteiger partial charge is 0.493 e. The fraction of sp³-hybridized carbons (Fsp3) is 0.643. The lowest BCUT2D eigenvalue weighted by molar-refractivity contribution is 0.0494. The van der Waals surface area contributed by atoms with E-state index in [0.717, 1.165) is 44.5 Å². The van der Waals surface area contributed by atoms with Gasteiger partial charge in [0.25, 0.3) is 0 Å². The molecule has 4 heterocycles. The van der Waals surface area contributed by atoms with Gasteiger partial charge in [-0.15, -0.1) is 0 Å². The Morgan fingerprint density at radius 1 is 0.971 bits per heavy atom. The molecule has 34 heavy (non-hydrogen) atoms. The molecule has 0 radical (unpaired) electrons. The summed E-state index contributed by atoms with van der Waals surface area (Å²) in [6.07, 6.45) is 14.3. The normalized spacial score (nSPS) is 26.0. The van der Waals surface area contributed by atoms with Crippen molar-refractivity contribution in [3.05, 3.63) is 48.5 Å². The van der Waals surface area contributed by atoms with Crippen LogP contribution in [0, 0.1) is 11.3 Å². The second-order valence-corrected chi connectivity index (χ2v) is 11.1. The average Bonchev–Trinajstić information content (AvgIpc) is 3.34. The number of piperidine rings is 1. The molecule has 0 N–H and O–H groups in total. The summed E-state index contributed by atoms with van der Waals surface area (Å²) in [6, 6.07) is 9.56. The van der Waals surface area contributed by atoms with Crippen molar-refractivity contribution in [2.75, 3.05) is 50.9 Å². The number of benzene rings is 1. The Balaban J connectivity index is 1.00. The van der Waals surface area contributed by atoms with Crippen LogP contribution in [0.25, 0.3) is 0 Å². The minimum Gasteiger partial charge on any atom is -0.493 e. The zero-order valence-corrected chi connectivity index (χ0v) is 20.3. The maximum Gasteiger partial charge on any atom is 0.122 e. The van der Waals surface area contributed by atoms with Crippen molar-refractivity contribution in [3.8, 4) is 5.75 Å². The minimum absolute atomic E-state index is 0.516. The number of hydrogen-bond acceptors (Lipinski definition) is 6. The second-order valence-electron chi connectivity index (χ2n) is 11.1. The van der Waals surface area contributed by atoms with Crippen LogP contribution in [0.5, 0.6) is 5.75 Å². The lowest BCUT2D eigenvalue weighted by atomic mass is 9.77. The van der Waals surface area contributed by atoms with Gasteiger partial charge in [0, 0.05) is 37.8 Å². The molecule has 0 amide bonds. The first-order chi connectivity index (χ1) is 16.8. The molecule has 4 aliphatic rings. The van der Waals surface area contributed by atoms with Crippen molar-refractivity contribution in [2.45, 2.75) is 56.9 Å². The maximum absolute atomic E-state index is 6.37. The Hall–Kier alpha value is -2.18. The Morgan fingerprint density at radius 2 is 1.74 bits per heavy atom. The van der Waals surface area contributed by atoms with Gasteiger partial charge in [0.2, 0.25) is 0 Å². The summed E-state index contributed by atoms with van der Waals surface area (Å²) in [6.45, 7) is 7.38. The summed E-state index contributed by atoms with van der Waals surface area (Å²) in [7, 11) is 0. The minimum atomic E-state index is 0.516. The molecule has 3 saturated heterocycles. The summed E-state index contributed by atoms with van der Waals surface area (Å²) >= 11 is 0. The van der Waals surface area contributed by atoms with E-state index >= 15 is 0 Å². The Kier molecular flexibility index (Phi) is 6.44. The molecule has 182 valence electrons. The van der Waals surface area contributed by atoms with Gasteiger partial charge in [-0.25, -0.2) is 9.97 Å². The zero-order chi connectivity index (χ0) is 22.8. The third-order valence-electron chi connectivity index (χ3n) is 8.86.